The number of nitrogens with zero attached hydrogens (tertiary/aromatic N) is 2. The van der Waals surface area contributed by atoms with Gasteiger partial charge in [-0.05, 0) is 12.1 Å². The van der Waals surface area contributed by atoms with E-state index in [0.717, 1.165) is 11.8 Å². The van der Waals surface area contributed by atoms with Crippen LogP contribution in [0.4, 0.5) is 13.2 Å². The van der Waals surface area contributed by atoms with Gasteiger partial charge < -0.3 is 9.84 Å². The van der Waals surface area contributed by atoms with E-state index in [9.17, 15) is 18.0 Å². The Labute approximate surface area is 138 Å². The number of aromatic nitrogens is 2. The van der Waals surface area contributed by atoms with E-state index in [-0.39, 0.29) is 17.4 Å². The maximum Gasteiger partial charge on any atom is 0.405 e. The molecule has 0 radical (unpaired) electrons. The Hall–Kier alpha value is -1.74. The number of amides is 1. The molecule has 1 N–H and O–H groups in total. The van der Waals surface area contributed by atoms with Crippen LogP contribution < -0.4 is 5.32 Å². The molecule has 1 amide bonds. The monoisotopic (exact) mass is 365 g/mol. The van der Waals surface area contributed by atoms with Gasteiger partial charge in [0.2, 0.25) is 17.6 Å². The number of alkyl halides is 3. The average molecular weight is 366 g/mol. The van der Waals surface area contributed by atoms with Crippen molar-refractivity contribution in [2.45, 2.75) is 11.9 Å². The minimum atomic E-state index is -4.42. The number of benzene rings is 1. The van der Waals surface area contributed by atoms with E-state index in [1.54, 1.807) is 29.6 Å². The van der Waals surface area contributed by atoms with E-state index in [0.29, 0.717) is 16.4 Å². The van der Waals surface area contributed by atoms with Gasteiger partial charge in [0.05, 0.1) is 11.5 Å². The van der Waals surface area contributed by atoms with Crippen LogP contribution in [-0.2, 0) is 10.5 Å². The molecule has 0 fully saturated rings. The normalized spacial score (nSPS) is 11.5. The molecule has 1 aromatic carbocycles. The Morgan fingerprint density at radius 2 is 2.17 bits per heavy atom. The molecule has 1 aromatic heterocycles. The highest BCUT2D eigenvalue weighted by molar-refractivity contribution is 7.99. The molecular weight excluding hydrogens is 355 g/mol. The van der Waals surface area contributed by atoms with Crippen molar-refractivity contribution in [1.29, 1.82) is 0 Å². The lowest BCUT2D eigenvalue weighted by atomic mass is 10.2. The van der Waals surface area contributed by atoms with Crippen LogP contribution >= 0.6 is 23.4 Å². The Kier molecular flexibility index (Phi) is 5.89. The van der Waals surface area contributed by atoms with Crippen LogP contribution in [0, 0.1) is 0 Å². The summed E-state index contributed by atoms with van der Waals surface area (Å²) in [4.78, 5) is 15.4. The summed E-state index contributed by atoms with van der Waals surface area (Å²) in [6.07, 6.45) is -4.42. The van der Waals surface area contributed by atoms with Crippen LogP contribution in [0.5, 0.6) is 0 Å². The zero-order chi connectivity index (χ0) is 16.9. The highest BCUT2D eigenvalue weighted by atomic mass is 35.5. The van der Waals surface area contributed by atoms with E-state index >= 15 is 0 Å². The number of nitrogens with one attached hydrogen (secondary N) is 1. The third-order valence-electron chi connectivity index (χ3n) is 2.50. The van der Waals surface area contributed by atoms with E-state index in [1.165, 1.54) is 0 Å². The van der Waals surface area contributed by atoms with Gasteiger partial charge in [-0.15, -0.1) is 11.8 Å². The van der Waals surface area contributed by atoms with Crippen molar-refractivity contribution < 1.29 is 22.5 Å². The molecule has 0 aliphatic heterocycles. The van der Waals surface area contributed by atoms with Gasteiger partial charge in [0.25, 0.3) is 0 Å². The summed E-state index contributed by atoms with van der Waals surface area (Å²) in [7, 11) is 0. The molecular formula is C13H11ClF3N3O2S. The fraction of sp³-hybridized carbons (Fsp3) is 0.308. The zero-order valence-corrected chi connectivity index (χ0v) is 13.1. The van der Waals surface area contributed by atoms with E-state index in [4.69, 9.17) is 16.1 Å². The number of thioether (sulfide) groups is 1. The third-order valence-corrected chi connectivity index (χ3v) is 3.65. The van der Waals surface area contributed by atoms with Crippen LogP contribution in [-0.4, -0.2) is 34.5 Å². The lowest BCUT2D eigenvalue weighted by molar-refractivity contribution is -0.136. The lowest BCUT2D eigenvalue weighted by Gasteiger charge is -2.07. The smallest absolute Gasteiger partial charge is 0.346 e. The predicted octanol–water partition coefficient (Wildman–Crippen LogP) is 3.30. The van der Waals surface area contributed by atoms with Crippen LogP contribution in [0.15, 0.2) is 28.8 Å². The quantitative estimate of drug-likeness (QED) is 0.850. The molecule has 0 spiro atoms. The minimum Gasteiger partial charge on any atom is -0.346 e. The number of rotatable bonds is 6. The molecule has 1 heterocycles. The minimum absolute atomic E-state index is 0.134. The standard InChI is InChI=1S/C13H11ClF3N3O2S/c14-9-3-1-2-8(4-9)12-19-11(22-20-12)6-23-5-10(21)18-7-13(15,16)17/h1-4H,5-7H2,(H,18,21). The molecule has 0 aliphatic carbocycles. The summed E-state index contributed by atoms with van der Waals surface area (Å²) in [5.41, 5.74) is 0.681. The summed E-state index contributed by atoms with van der Waals surface area (Å²) >= 11 is 6.94. The first-order valence-corrected chi connectivity index (χ1v) is 7.86. The molecule has 0 saturated heterocycles. The first-order valence-electron chi connectivity index (χ1n) is 6.33. The van der Waals surface area contributed by atoms with Crippen molar-refractivity contribution in [2.24, 2.45) is 0 Å². The highest BCUT2D eigenvalue weighted by Crippen LogP contribution is 2.21. The van der Waals surface area contributed by atoms with Gasteiger partial charge in [0.15, 0.2) is 0 Å². The average Bonchev–Trinajstić information content (AvgIpc) is 2.93. The second kappa shape index (κ2) is 7.69. The molecule has 0 bridgehead atoms. The molecule has 2 aromatic rings. The number of hydrogen-bond acceptors (Lipinski definition) is 5. The van der Waals surface area contributed by atoms with Crippen molar-refractivity contribution >= 4 is 29.3 Å². The first-order chi connectivity index (χ1) is 10.8. The van der Waals surface area contributed by atoms with E-state index in [1.807, 2.05) is 0 Å². The fourth-order valence-corrected chi connectivity index (χ4v) is 2.41. The van der Waals surface area contributed by atoms with Gasteiger partial charge in [-0.2, -0.15) is 18.2 Å². The summed E-state index contributed by atoms with van der Waals surface area (Å²) < 4.78 is 40.8. The summed E-state index contributed by atoms with van der Waals surface area (Å²) in [5.74, 6) is -0.00191. The Bertz CT molecular complexity index is 678. The topological polar surface area (TPSA) is 68.0 Å². The molecule has 23 heavy (non-hydrogen) atoms. The third kappa shape index (κ3) is 6.11. The molecule has 0 saturated carbocycles. The number of hydrogen-bond donors (Lipinski definition) is 1. The Morgan fingerprint density at radius 3 is 2.87 bits per heavy atom. The fourth-order valence-electron chi connectivity index (χ4n) is 1.54. The molecule has 0 atom stereocenters. The molecule has 0 unspecified atom stereocenters. The largest absolute Gasteiger partial charge is 0.405 e. The van der Waals surface area contributed by atoms with Gasteiger partial charge in [-0.3, -0.25) is 4.79 Å². The number of carbonyl (C=O) groups excluding carboxylic acids is 1. The van der Waals surface area contributed by atoms with Crippen LogP contribution in [0.1, 0.15) is 5.89 Å². The van der Waals surface area contributed by atoms with Crippen molar-refractivity contribution in [3.8, 4) is 11.4 Å². The van der Waals surface area contributed by atoms with Crippen molar-refractivity contribution in [1.82, 2.24) is 15.5 Å². The van der Waals surface area contributed by atoms with Gasteiger partial charge in [0.1, 0.15) is 6.54 Å². The molecule has 5 nitrogen and oxygen atoms in total. The lowest BCUT2D eigenvalue weighted by Crippen LogP contribution is -2.34. The molecule has 0 aliphatic rings. The molecule has 10 heteroatoms. The Morgan fingerprint density at radius 1 is 1.39 bits per heavy atom. The first kappa shape index (κ1) is 17.6. The maximum atomic E-state index is 11.9. The number of carbonyl (C=O) groups is 1. The van der Waals surface area contributed by atoms with Crippen LogP contribution in [0.3, 0.4) is 0 Å². The summed E-state index contributed by atoms with van der Waals surface area (Å²) in [6.45, 7) is -1.34. The molecule has 2 rings (SSSR count). The summed E-state index contributed by atoms with van der Waals surface area (Å²) in [5, 5.41) is 6.10. The van der Waals surface area contributed by atoms with Gasteiger partial charge >= 0.3 is 6.18 Å². The van der Waals surface area contributed by atoms with Gasteiger partial charge in [0, 0.05) is 10.6 Å². The van der Waals surface area contributed by atoms with E-state index < -0.39 is 18.6 Å². The van der Waals surface area contributed by atoms with Crippen molar-refractivity contribution in [2.75, 3.05) is 12.3 Å². The highest BCUT2D eigenvalue weighted by Gasteiger charge is 2.27. The van der Waals surface area contributed by atoms with Crippen LogP contribution in [0.25, 0.3) is 11.4 Å². The van der Waals surface area contributed by atoms with Crippen LogP contribution in [0.2, 0.25) is 5.02 Å². The van der Waals surface area contributed by atoms with Crippen molar-refractivity contribution in [3.63, 3.8) is 0 Å². The predicted molar refractivity (Wildman–Crippen MR) is 80.0 cm³/mol. The number of halogens is 4. The van der Waals surface area contributed by atoms with Gasteiger partial charge in [-0.1, -0.05) is 28.9 Å². The van der Waals surface area contributed by atoms with Crippen molar-refractivity contribution in [3.05, 3.63) is 35.2 Å². The second-order valence-electron chi connectivity index (χ2n) is 4.41. The SMILES string of the molecule is O=C(CSCc1nc(-c2cccc(Cl)c2)no1)NCC(F)(F)F. The second-order valence-corrected chi connectivity index (χ2v) is 5.83. The Balaban J connectivity index is 1.80. The summed E-state index contributed by atoms with van der Waals surface area (Å²) in [6, 6.07) is 6.89. The molecule has 124 valence electrons. The zero-order valence-electron chi connectivity index (χ0n) is 11.6. The van der Waals surface area contributed by atoms with Gasteiger partial charge in [-0.25, -0.2) is 0 Å². The van der Waals surface area contributed by atoms with E-state index in [2.05, 4.69) is 10.1 Å². The maximum absolute atomic E-state index is 11.9.